The van der Waals surface area contributed by atoms with Crippen LogP contribution in [-0.4, -0.2) is 36.9 Å². The molecule has 23 heavy (non-hydrogen) atoms. The molecule has 0 radical (unpaired) electrons. The van der Waals surface area contributed by atoms with E-state index in [9.17, 15) is 4.79 Å². The van der Waals surface area contributed by atoms with Crippen molar-refractivity contribution in [3.8, 4) is 5.75 Å². The average molecular weight is 338 g/mol. The number of ether oxygens (including phenoxy) is 2. The molecule has 1 aliphatic heterocycles. The molecule has 1 aromatic rings. The van der Waals surface area contributed by atoms with E-state index < -0.39 is 11.7 Å². The molecule has 2 N–H and O–H groups in total. The highest BCUT2D eigenvalue weighted by Gasteiger charge is 2.18. The first-order valence-corrected chi connectivity index (χ1v) is 9.02. The third kappa shape index (κ3) is 5.86. The Morgan fingerprint density at radius 2 is 2.17 bits per heavy atom. The summed E-state index contributed by atoms with van der Waals surface area (Å²) in [7, 11) is 1.59. The van der Waals surface area contributed by atoms with Crippen molar-refractivity contribution in [2.45, 2.75) is 32.8 Å². The Bertz CT molecular complexity index is 537. The fourth-order valence-electron chi connectivity index (χ4n) is 2.32. The van der Waals surface area contributed by atoms with Crippen LogP contribution in [-0.2, 0) is 4.74 Å². The van der Waals surface area contributed by atoms with Gasteiger partial charge in [-0.3, -0.25) is 5.32 Å². The van der Waals surface area contributed by atoms with Crippen molar-refractivity contribution in [3.05, 3.63) is 18.2 Å². The average Bonchev–Trinajstić information content (AvgIpc) is 2.97. The van der Waals surface area contributed by atoms with Gasteiger partial charge in [-0.25, -0.2) is 4.79 Å². The molecule has 0 saturated carbocycles. The van der Waals surface area contributed by atoms with Gasteiger partial charge in [0.05, 0.1) is 12.8 Å². The van der Waals surface area contributed by atoms with Crippen LogP contribution in [0.5, 0.6) is 5.75 Å². The molecule has 2 rings (SSSR count). The molecule has 0 bridgehead atoms. The largest absolute Gasteiger partial charge is 0.494 e. The van der Waals surface area contributed by atoms with Crippen LogP contribution in [0.25, 0.3) is 0 Å². The highest BCUT2D eigenvalue weighted by Crippen LogP contribution is 2.29. The van der Waals surface area contributed by atoms with Gasteiger partial charge >= 0.3 is 6.09 Å². The first-order chi connectivity index (χ1) is 10.9. The van der Waals surface area contributed by atoms with Gasteiger partial charge in [0.15, 0.2) is 0 Å². The molecule has 1 aliphatic rings. The number of benzene rings is 1. The van der Waals surface area contributed by atoms with E-state index >= 15 is 0 Å². The van der Waals surface area contributed by atoms with Crippen LogP contribution in [0, 0.1) is 5.92 Å². The Balaban J connectivity index is 1.96. The van der Waals surface area contributed by atoms with Crippen LogP contribution < -0.4 is 15.4 Å². The van der Waals surface area contributed by atoms with E-state index in [-0.39, 0.29) is 0 Å². The monoisotopic (exact) mass is 338 g/mol. The van der Waals surface area contributed by atoms with Gasteiger partial charge in [-0.1, -0.05) is 0 Å². The van der Waals surface area contributed by atoms with E-state index in [0.29, 0.717) is 11.4 Å². The normalized spacial score (nSPS) is 17.7. The third-order valence-electron chi connectivity index (χ3n) is 3.46. The van der Waals surface area contributed by atoms with Gasteiger partial charge in [0.2, 0.25) is 0 Å². The number of carbonyl (C=O) groups excluding carboxylic acids is 1. The Labute approximate surface area is 142 Å². The molecule has 5 nitrogen and oxygen atoms in total. The molecular weight excluding hydrogens is 312 g/mol. The minimum atomic E-state index is -0.530. The maximum absolute atomic E-state index is 11.9. The summed E-state index contributed by atoms with van der Waals surface area (Å²) in [5.74, 6) is 3.82. The lowest BCUT2D eigenvalue weighted by Gasteiger charge is -2.20. The Hall–Kier alpha value is -1.56. The molecule has 1 unspecified atom stereocenters. The second-order valence-electron chi connectivity index (χ2n) is 6.65. The topological polar surface area (TPSA) is 59.6 Å². The molecule has 0 aliphatic carbocycles. The summed E-state index contributed by atoms with van der Waals surface area (Å²) in [4.78, 5) is 11.9. The predicted molar refractivity (Wildman–Crippen MR) is 96.8 cm³/mol. The minimum absolute atomic E-state index is 0.487. The van der Waals surface area contributed by atoms with Crippen molar-refractivity contribution in [1.82, 2.24) is 0 Å². The Morgan fingerprint density at radius 3 is 2.78 bits per heavy atom. The van der Waals surface area contributed by atoms with Gasteiger partial charge in [-0.2, -0.15) is 11.8 Å². The van der Waals surface area contributed by atoms with Crippen molar-refractivity contribution in [2.24, 2.45) is 5.92 Å². The van der Waals surface area contributed by atoms with E-state index in [1.54, 1.807) is 7.11 Å². The van der Waals surface area contributed by atoms with Gasteiger partial charge in [0.1, 0.15) is 11.4 Å². The summed E-state index contributed by atoms with van der Waals surface area (Å²) >= 11 is 2.01. The van der Waals surface area contributed by atoms with Crippen molar-refractivity contribution >= 4 is 29.2 Å². The highest BCUT2D eigenvalue weighted by atomic mass is 32.2. The smallest absolute Gasteiger partial charge is 0.412 e. The van der Waals surface area contributed by atoms with E-state index in [2.05, 4.69) is 10.6 Å². The third-order valence-corrected chi connectivity index (χ3v) is 4.69. The second-order valence-corrected chi connectivity index (χ2v) is 7.80. The minimum Gasteiger partial charge on any atom is -0.494 e. The summed E-state index contributed by atoms with van der Waals surface area (Å²) in [6, 6.07) is 5.67. The predicted octanol–water partition coefficient (Wildman–Crippen LogP) is 4.21. The molecule has 1 amide bonds. The molecule has 6 heteroatoms. The summed E-state index contributed by atoms with van der Waals surface area (Å²) in [5.41, 5.74) is 1.06. The molecule has 1 fully saturated rings. The van der Waals surface area contributed by atoms with Crippen LogP contribution in [0.15, 0.2) is 18.2 Å². The number of thioether (sulfide) groups is 1. The van der Waals surface area contributed by atoms with E-state index in [0.717, 1.165) is 18.2 Å². The molecule has 128 valence electrons. The molecule has 1 atom stereocenters. The van der Waals surface area contributed by atoms with Gasteiger partial charge < -0.3 is 14.8 Å². The highest BCUT2D eigenvalue weighted by molar-refractivity contribution is 7.99. The standard InChI is InChI=1S/C17H26N2O3S/c1-17(2,3)22-16(20)19-14-6-5-13(9-15(14)21-4)18-10-12-7-8-23-11-12/h5-6,9,12,18H,7-8,10-11H2,1-4H3,(H,19,20). The lowest BCUT2D eigenvalue weighted by Crippen LogP contribution is -2.27. The van der Waals surface area contributed by atoms with Crippen LogP contribution in [0.4, 0.5) is 16.2 Å². The zero-order valence-electron chi connectivity index (χ0n) is 14.3. The molecule has 0 spiro atoms. The second kappa shape index (κ2) is 7.81. The maximum atomic E-state index is 11.9. The summed E-state index contributed by atoms with van der Waals surface area (Å²) in [5, 5.41) is 6.17. The lowest BCUT2D eigenvalue weighted by molar-refractivity contribution is 0.0635. The van der Waals surface area contributed by atoms with E-state index in [1.165, 1.54) is 17.9 Å². The number of hydrogen-bond donors (Lipinski definition) is 2. The first-order valence-electron chi connectivity index (χ1n) is 7.87. The van der Waals surface area contributed by atoms with Crippen molar-refractivity contribution in [3.63, 3.8) is 0 Å². The molecule has 1 heterocycles. The van der Waals surface area contributed by atoms with Crippen LogP contribution in [0.2, 0.25) is 0 Å². The summed E-state index contributed by atoms with van der Waals surface area (Å²) in [6.07, 6.45) is 0.784. The van der Waals surface area contributed by atoms with E-state index in [4.69, 9.17) is 9.47 Å². The Kier molecular flexibility index (Phi) is 6.04. The Morgan fingerprint density at radius 1 is 1.39 bits per heavy atom. The SMILES string of the molecule is COc1cc(NCC2CCSC2)ccc1NC(=O)OC(C)(C)C. The number of rotatable bonds is 5. The van der Waals surface area contributed by atoms with Crippen LogP contribution >= 0.6 is 11.8 Å². The van der Waals surface area contributed by atoms with Crippen molar-refractivity contribution in [1.29, 1.82) is 0 Å². The summed E-state index contributed by atoms with van der Waals surface area (Å²) < 4.78 is 10.6. The summed E-state index contributed by atoms with van der Waals surface area (Å²) in [6.45, 7) is 6.46. The van der Waals surface area contributed by atoms with Crippen molar-refractivity contribution < 1.29 is 14.3 Å². The maximum Gasteiger partial charge on any atom is 0.412 e. The number of methoxy groups -OCH3 is 1. The van der Waals surface area contributed by atoms with Gasteiger partial charge in [0.25, 0.3) is 0 Å². The van der Waals surface area contributed by atoms with Gasteiger partial charge in [-0.05, 0) is 56.7 Å². The fourth-order valence-corrected chi connectivity index (χ4v) is 3.61. The fraction of sp³-hybridized carbons (Fsp3) is 0.588. The van der Waals surface area contributed by atoms with E-state index in [1.807, 2.05) is 50.7 Å². The number of hydrogen-bond acceptors (Lipinski definition) is 5. The van der Waals surface area contributed by atoms with Crippen LogP contribution in [0.1, 0.15) is 27.2 Å². The molecule has 0 aromatic heterocycles. The number of carbonyl (C=O) groups is 1. The van der Waals surface area contributed by atoms with Gasteiger partial charge in [0, 0.05) is 18.3 Å². The van der Waals surface area contributed by atoms with Crippen molar-refractivity contribution in [2.75, 3.05) is 35.8 Å². The first kappa shape index (κ1) is 17.8. The number of anilines is 2. The zero-order valence-corrected chi connectivity index (χ0v) is 15.1. The van der Waals surface area contributed by atoms with Crippen LogP contribution in [0.3, 0.4) is 0 Å². The molecule has 1 saturated heterocycles. The number of nitrogens with one attached hydrogen (secondary N) is 2. The zero-order chi connectivity index (χ0) is 16.9. The van der Waals surface area contributed by atoms with Gasteiger partial charge in [-0.15, -0.1) is 0 Å². The lowest BCUT2D eigenvalue weighted by atomic mass is 10.1. The quantitative estimate of drug-likeness (QED) is 0.842. The number of amides is 1. The molecular formula is C17H26N2O3S. The molecule has 1 aromatic carbocycles.